The second-order valence-electron chi connectivity index (χ2n) is 7.53. The summed E-state index contributed by atoms with van der Waals surface area (Å²) >= 11 is 6.82. The summed E-state index contributed by atoms with van der Waals surface area (Å²) in [4.78, 5) is 26.9. The van der Waals surface area contributed by atoms with Crippen LogP contribution in [0.25, 0.3) is 6.08 Å². The molecule has 3 aromatic carbocycles. The van der Waals surface area contributed by atoms with Crippen molar-refractivity contribution in [3.05, 3.63) is 102 Å². The molecule has 0 aromatic heterocycles. The Hall–Kier alpha value is -2.10. The van der Waals surface area contributed by atoms with Gasteiger partial charge in [0, 0.05) is 10.1 Å². The van der Waals surface area contributed by atoms with Crippen LogP contribution in [-0.2, 0) is 17.8 Å². The summed E-state index contributed by atoms with van der Waals surface area (Å²) in [7, 11) is 0. The number of hydrogen-bond donors (Lipinski definition) is 0. The van der Waals surface area contributed by atoms with Gasteiger partial charge in [-0.2, -0.15) is 0 Å². The monoisotopic (exact) mass is 633 g/mol. The van der Waals surface area contributed by atoms with Crippen LogP contribution >= 0.6 is 50.3 Å². The number of imide groups is 1. The highest BCUT2D eigenvalue weighted by Crippen LogP contribution is 2.34. The van der Waals surface area contributed by atoms with Gasteiger partial charge in [0.25, 0.3) is 11.1 Å². The molecular formula is C26H21BrINO3S. The molecule has 1 aliphatic rings. The Morgan fingerprint density at radius 1 is 0.970 bits per heavy atom. The smallest absolute Gasteiger partial charge is 0.293 e. The molecule has 3 aromatic rings. The fourth-order valence-electron chi connectivity index (χ4n) is 3.40. The van der Waals surface area contributed by atoms with Crippen molar-refractivity contribution in [1.82, 2.24) is 4.90 Å². The molecular weight excluding hydrogens is 613 g/mol. The van der Waals surface area contributed by atoms with Crippen molar-refractivity contribution in [2.75, 3.05) is 6.54 Å². The van der Waals surface area contributed by atoms with E-state index in [9.17, 15) is 9.59 Å². The number of hydrogen-bond acceptors (Lipinski definition) is 4. The number of carbonyl (C=O) groups is 2. The minimum absolute atomic E-state index is 0.212. The first-order valence-electron chi connectivity index (χ1n) is 10.5. The largest absolute Gasteiger partial charge is 0.488 e. The van der Waals surface area contributed by atoms with Crippen LogP contribution in [0.1, 0.15) is 23.1 Å². The van der Waals surface area contributed by atoms with Crippen LogP contribution in [0, 0.1) is 3.57 Å². The Labute approximate surface area is 219 Å². The highest BCUT2D eigenvalue weighted by atomic mass is 127. The van der Waals surface area contributed by atoms with E-state index in [2.05, 4.69) is 50.7 Å². The summed E-state index contributed by atoms with van der Waals surface area (Å²) < 4.78 is 7.90. The molecule has 0 unspecified atom stereocenters. The third kappa shape index (κ3) is 6.49. The van der Waals surface area contributed by atoms with Crippen LogP contribution < -0.4 is 4.74 Å². The molecule has 0 N–H and O–H groups in total. The van der Waals surface area contributed by atoms with E-state index in [4.69, 9.17) is 4.74 Å². The first kappa shape index (κ1) is 24.0. The summed E-state index contributed by atoms with van der Waals surface area (Å²) in [5.41, 5.74) is 3.12. The first-order valence-corrected chi connectivity index (χ1v) is 13.1. The zero-order chi connectivity index (χ0) is 23.2. The maximum Gasteiger partial charge on any atom is 0.293 e. The van der Waals surface area contributed by atoms with Crippen LogP contribution in [0.15, 0.2) is 82.2 Å². The van der Waals surface area contributed by atoms with Crippen molar-refractivity contribution < 1.29 is 14.3 Å². The van der Waals surface area contributed by atoms with Crippen LogP contribution in [0.2, 0.25) is 0 Å². The Morgan fingerprint density at radius 2 is 1.73 bits per heavy atom. The molecule has 0 spiro atoms. The van der Waals surface area contributed by atoms with Gasteiger partial charge in [0.15, 0.2) is 0 Å². The normalized spacial score (nSPS) is 14.8. The zero-order valence-corrected chi connectivity index (χ0v) is 22.2. The molecule has 33 heavy (non-hydrogen) atoms. The zero-order valence-electron chi connectivity index (χ0n) is 17.7. The number of amides is 2. The number of carbonyl (C=O) groups excluding carboxylic acids is 2. The molecule has 168 valence electrons. The molecule has 1 saturated heterocycles. The number of rotatable bonds is 8. The van der Waals surface area contributed by atoms with Crippen molar-refractivity contribution in [3.63, 3.8) is 0 Å². The van der Waals surface area contributed by atoms with Crippen molar-refractivity contribution >= 4 is 67.5 Å². The van der Waals surface area contributed by atoms with Gasteiger partial charge < -0.3 is 4.74 Å². The van der Waals surface area contributed by atoms with Gasteiger partial charge in [-0.3, -0.25) is 14.5 Å². The third-order valence-electron chi connectivity index (χ3n) is 5.12. The molecule has 0 bridgehead atoms. The predicted molar refractivity (Wildman–Crippen MR) is 145 cm³/mol. The van der Waals surface area contributed by atoms with Crippen molar-refractivity contribution in [2.45, 2.75) is 19.4 Å². The second kappa shape index (κ2) is 11.4. The lowest BCUT2D eigenvalue weighted by atomic mass is 10.1. The lowest BCUT2D eigenvalue weighted by molar-refractivity contribution is -0.122. The van der Waals surface area contributed by atoms with E-state index in [1.807, 2.05) is 60.7 Å². The van der Waals surface area contributed by atoms with Crippen molar-refractivity contribution in [2.24, 2.45) is 0 Å². The highest BCUT2D eigenvalue weighted by molar-refractivity contribution is 14.1. The Bertz CT molecular complexity index is 1180. The molecule has 0 atom stereocenters. The van der Waals surface area contributed by atoms with Gasteiger partial charge in [0.1, 0.15) is 12.4 Å². The molecule has 1 aliphatic heterocycles. The van der Waals surface area contributed by atoms with Crippen LogP contribution in [0.3, 0.4) is 0 Å². The van der Waals surface area contributed by atoms with E-state index in [1.165, 1.54) is 14.0 Å². The summed E-state index contributed by atoms with van der Waals surface area (Å²) in [6.45, 7) is 0.892. The summed E-state index contributed by atoms with van der Waals surface area (Å²) in [5.74, 6) is 0.493. The Kier molecular flexibility index (Phi) is 8.27. The SMILES string of the molecule is O=C1S/C(=C/c2ccc(OCc3ccc(I)cc3)c(Br)c2)C(=O)N1CCCc1ccccc1. The van der Waals surface area contributed by atoms with Gasteiger partial charge in [0.05, 0.1) is 9.38 Å². The third-order valence-corrected chi connectivity index (χ3v) is 7.37. The van der Waals surface area contributed by atoms with E-state index in [0.29, 0.717) is 18.1 Å². The Balaban J connectivity index is 1.36. The summed E-state index contributed by atoms with van der Waals surface area (Å²) in [6.07, 6.45) is 3.33. The molecule has 7 heteroatoms. The highest BCUT2D eigenvalue weighted by Gasteiger charge is 2.34. The molecule has 1 fully saturated rings. The average Bonchev–Trinajstić information content (AvgIpc) is 3.07. The van der Waals surface area contributed by atoms with Crippen LogP contribution in [0.5, 0.6) is 5.75 Å². The topological polar surface area (TPSA) is 46.6 Å². The number of halogens is 2. The van der Waals surface area contributed by atoms with Gasteiger partial charge >= 0.3 is 0 Å². The molecule has 4 rings (SSSR count). The average molecular weight is 634 g/mol. The molecule has 0 saturated carbocycles. The molecule has 0 radical (unpaired) electrons. The fourth-order valence-corrected chi connectivity index (χ4v) is 5.13. The van der Waals surface area contributed by atoms with E-state index in [0.717, 1.165) is 46.0 Å². The molecule has 4 nitrogen and oxygen atoms in total. The number of nitrogens with zero attached hydrogens (tertiary/aromatic N) is 1. The second-order valence-corrected chi connectivity index (χ2v) is 10.6. The summed E-state index contributed by atoms with van der Waals surface area (Å²) in [6, 6.07) is 23.9. The minimum atomic E-state index is -0.228. The van der Waals surface area contributed by atoms with Gasteiger partial charge in [-0.25, -0.2) is 0 Å². The van der Waals surface area contributed by atoms with Gasteiger partial charge in [-0.1, -0.05) is 48.5 Å². The lowest BCUT2D eigenvalue weighted by Crippen LogP contribution is -2.29. The van der Waals surface area contributed by atoms with Crippen molar-refractivity contribution in [1.29, 1.82) is 0 Å². The molecule has 2 amide bonds. The number of ether oxygens (including phenoxy) is 1. The van der Waals surface area contributed by atoms with Gasteiger partial charge in [-0.05, 0) is 110 Å². The fraction of sp³-hybridized carbons (Fsp3) is 0.154. The van der Waals surface area contributed by atoms with Crippen LogP contribution in [-0.4, -0.2) is 22.6 Å². The minimum Gasteiger partial charge on any atom is -0.488 e. The van der Waals surface area contributed by atoms with Crippen LogP contribution in [0.4, 0.5) is 4.79 Å². The number of thioether (sulfide) groups is 1. The lowest BCUT2D eigenvalue weighted by Gasteiger charge is -2.12. The standard InChI is InChI=1S/C26H21BrINO3S/c27-22-15-20(10-13-23(22)32-17-19-8-11-21(28)12-9-19)16-24-25(30)29(26(31)33-24)14-4-7-18-5-2-1-3-6-18/h1-3,5-6,8-13,15-16H,4,7,14,17H2/b24-16+. The number of benzene rings is 3. The quantitative estimate of drug-likeness (QED) is 0.193. The van der Waals surface area contributed by atoms with E-state index < -0.39 is 0 Å². The summed E-state index contributed by atoms with van der Waals surface area (Å²) in [5, 5.41) is -0.212. The molecule has 1 heterocycles. The Morgan fingerprint density at radius 3 is 2.45 bits per heavy atom. The number of aryl methyl sites for hydroxylation is 1. The van der Waals surface area contributed by atoms with E-state index >= 15 is 0 Å². The maximum atomic E-state index is 12.8. The van der Waals surface area contributed by atoms with Gasteiger partial charge in [-0.15, -0.1) is 0 Å². The predicted octanol–water partition coefficient (Wildman–Crippen LogP) is 7.30. The first-order chi connectivity index (χ1) is 16.0. The van der Waals surface area contributed by atoms with Crippen molar-refractivity contribution in [3.8, 4) is 5.75 Å². The maximum absolute atomic E-state index is 12.8. The van der Waals surface area contributed by atoms with E-state index in [1.54, 1.807) is 6.08 Å². The molecule has 0 aliphatic carbocycles. The van der Waals surface area contributed by atoms with Gasteiger partial charge in [0.2, 0.25) is 0 Å². The van der Waals surface area contributed by atoms with E-state index in [-0.39, 0.29) is 11.1 Å².